The second-order valence-corrected chi connectivity index (χ2v) is 8.04. The molecule has 0 amide bonds. The van der Waals surface area contributed by atoms with Crippen LogP contribution >= 0.6 is 0 Å². The molecular weight excluding hydrogens is 338 g/mol. The van der Waals surface area contributed by atoms with E-state index in [-0.39, 0.29) is 0 Å². The standard InChI is InChI=1S/C22H31N3O2/c1-17(2)24-12-7-20(8-13-24)27-21-9-14-25(15-10-21)19-5-3-18(4-6-19)22-23-11-16-26-22/h3-6,11,16-17,20-21H,7-10,12-15H2,1-2H3. The molecule has 1 aromatic carbocycles. The maximum absolute atomic E-state index is 6.44. The van der Waals surface area contributed by atoms with Crippen LogP contribution in [0.15, 0.2) is 41.1 Å². The van der Waals surface area contributed by atoms with E-state index in [1.165, 1.54) is 31.6 Å². The first kappa shape index (κ1) is 18.5. The van der Waals surface area contributed by atoms with E-state index in [9.17, 15) is 0 Å². The summed E-state index contributed by atoms with van der Waals surface area (Å²) in [5, 5.41) is 0. The summed E-state index contributed by atoms with van der Waals surface area (Å²) in [7, 11) is 0. The molecule has 2 fully saturated rings. The van der Waals surface area contributed by atoms with Gasteiger partial charge >= 0.3 is 0 Å². The van der Waals surface area contributed by atoms with Crippen LogP contribution in [0.25, 0.3) is 11.5 Å². The number of anilines is 1. The number of benzene rings is 1. The SMILES string of the molecule is CC(C)N1CCC(OC2CCN(c3ccc(-c4ncco4)cc3)CC2)CC1. The van der Waals surface area contributed by atoms with Crippen molar-refractivity contribution in [3.63, 3.8) is 0 Å². The Balaban J connectivity index is 1.24. The molecule has 2 aliphatic rings. The highest BCUT2D eigenvalue weighted by Crippen LogP contribution is 2.26. The van der Waals surface area contributed by atoms with E-state index < -0.39 is 0 Å². The van der Waals surface area contributed by atoms with Gasteiger partial charge in [-0.15, -0.1) is 0 Å². The van der Waals surface area contributed by atoms with Gasteiger partial charge in [0.1, 0.15) is 6.26 Å². The fourth-order valence-electron chi connectivity index (χ4n) is 4.23. The van der Waals surface area contributed by atoms with Crippen LogP contribution < -0.4 is 4.90 Å². The molecular formula is C22H31N3O2. The Morgan fingerprint density at radius 3 is 2.15 bits per heavy atom. The Hall–Kier alpha value is -1.85. The average Bonchev–Trinajstić information content (AvgIpc) is 3.24. The Morgan fingerprint density at radius 1 is 0.963 bits per heavy atom. The number of rotatable bonds is 5. The van der Waals surface area contributed by atoms with Gasteiger partial charge in [0.05, 0.1) is 18.4 Å². The van der Waals surface area contributed by atoms with E-state index in [1.807, 2.05) is 0 Å². The van der Waals surface area contributed by atoms with Crippen LogP contribution in [0.1, 0.15) is 39.5 Å². The number of oxazole rings is 1. The predicted octanol–water partition coefficient (Wildman–Crippen LogP) is 4.20. The third-order valence-corrected chi connectivity index (χ3v) is 5.95. The van der Waals surface area contributed by atoms with Gasteiger partial charge in [0, 0.05) is 43.5 Å². The van der Waals surface area contributed by atoms with Gasteiger partial charge in [-0.05, 0) is 63.8 Å². The van der Waals surface area contributed by atoms with Gasteiger partial charge in [0.25, 0.3) is 0 Å². The van der Waals surface area contributed by atoms with Crippen molar-refractivity contribution in [2.45, 2.75) is 57.8 Å². The Kier molecular flexibility index (Phi) is 5.79. The van der Waals surface area contributed by atoms with Crippen molar-refractivity contribution in [1.29, 1.82) is 0 Å². The lowest BCUT2D eigenvalue weighted by Gasteiger charge is -2.38. The number of piperidine rings is 2. The van der Waals surface area contributed by atoms with E-state index in [0.29, 0.717) is 24.1 Å². The summed E-state index contributed by atoms with van der Waals surface area (Å²) in [6.45, 7) is 9.06. The Morgan fingerprint density at radius 2 is 1.59 bits per heavy atom. The molecule has 0 saturated carbocycles. The number of aromatic nitrogens is 1. The minimum atomic E-state index is 0.420. The second kappa shape index (κ2) is 8.44. The summed E-state index contributed by atoms with van der Waals surface area (Å²) in [5.41, 5.74) is 2.30. The van der Waals surface area contributed by atoms with Gasteiger partial charge in [-0.3, -0.25) is 0 Å². The zero-order chi connectivity index (χ0) is 18.6. The van der Waals surface area contributed by atoms with E-state index in [0.717, 1.165) is 31.5 Å². The maximum Gasteiger partial charge on any atom is 0.225 e. The largest absolute Gasteiger partial charge is 0.445 e. The van der Waals surface area contributed by atoms with Crippen LogP contribution in [0.3, 0.4) is 0 Å². The molecule has 0 unspecified atom stereocenters. The summed E-state index contributed by atoms with van der Waals surface area (Å²) in [5.74, 6) is 0.678. The molecule has 2 saturated heterocycles. The van der Waals surface area contributed by atoms with Gasteiger partial charge in [0.2, 0.25) is 5.89 Å². The molecule has 5 heteroatoms. The highest BCUT2D eigenvalue weighted by atomic mass is 16.5. The normalized spacial score (nSPS) is 20.5. The van der Waals surface area contributed by atoms with Crippen LogP contribution in [-0.2, 0) is 4.74 Å². The molecule has 5 nitrogen and oxygen atoms in total. The van der Waals surface area contributed by atoms with Crippen LogP contribution in [0.4, 0.5) is 5.69 Å². The van der Waals surface area contributed by atoms with Crippen molar-refractivity contribution in [2.75, 3.05) is 31.1 Å². The van der Waals surface area contributed by atoms with Crippen molar-refractivity contribution in [3.8, 4) is 11.5 Å². The molecule has 3 heterocycles. The van der Waals surface area contributed by atoms with Crippen LogP contribution in [0.5, 0.6) is 0 Å². The molecule has 2 aromatic rings. The number of hydrogen-bond acceptors (Lipinski definition) is 5. The van der Waals surface area contributed by atoms with Gasteiger partial charge in [0.15, 0.2) is 0 Å². The molecule has 0 spiro atoms. The summed E-state index contributed by atoms with van der Waals surface area (Å²) < 4.78 is 11.8. The van der Waals surface area contributed by atoms with Crippen LogP contribution in [0.2, 0.25) is 0 Å². The van der Waals surface area contributed by atoms with E-state index >= 15 is 0 Å². The van der Waals surface area contributed by atoms with E-state index in [1.54, 1.807) is 12.5 Å². The minimum absolute atomic E-state index is 0.420. The van der Waals surface area contributed by atoms with Crippen molar-refractivity contribution < 1.29 is 9.15 Å². The molecule has 1 aromatic heterocycles. The number of likely N-dealkylation sites (tertiary alicyclic amines) is 1. The highest BCUT2D eigenvalue weighted by molar-refractivity contribution is 5.59. The quantitative estimate of drug-likeness (QED) is 0.790. The monoisotopic (exact) mass is 369 g/mol. The smallest absolute Gasteiger partial charge is 0.225 e. The van der Waals surface area contributed by atoms with Crippen LogP contribution in [-0.4, -0.2) is 54.3 Å². The van der Waals surface area contributed by atoms with Crippen molar-refractivity contribution in [2.24, 2.45) is 0 Å². The third kappa shape index (κ3) is 4.53. The average molecular weight is 370 g/mol. The number of hydrogen-bond donors (Lipinski definition) is 0. The molecule has 0 atom stereocenters. The lowest BCUT2D eigenvalue weighted by molar-refractivity contribution is -0.0540. The molecule has 0 radical (unpaired) electrons. The fraction of sp³-hybridized carbons (Fsp3) is 0.591. The first-order valence-corrected chi connectivity index (χ1v) is 10.3. The van der Waals surface area contributed by atoms with Gasteiger partial charge < -0.3 is 19.0 Å². The molecule has 0 aliphatic carbocycles. The molecule has 0 N–H and O–H groups in total. The summed E-state index contributed by atoms with van der Waals surface area (Å²) in [4.78, 5) is 9.23. The zero-order valence-electron chi connectivity index (χ0n) is 16.5. The first-order chi connectivity index (χ1) is 13.2. The molecule has 0 bridgehead atoms. The van der Waals surface area contributed by atoms with E-state index in [4.69, 9.17) is 9.15 Å². The van der Waals surface area contributed by atoms with Crippen LogP contribution in [0, 0.1) is 0 Å². The first-order valence-electron chi connectivity index (χ1n) is 10.3. The molecule has 2 aliphatic heterocycles. The lowest BCUT2D eigenvalue weighted by Crippen LogP contribution is -2.43. The van der Waals surface area contributed by atoms with E-state index in [2.05, 4.69) is 52.9 Å². The van der Waals surface area contributed by atoms with Gasteiger partial charge in [-0.1, -0.05) is 0 Å². The maximum atomic E-state index is 6.44. The zero-order valence-corrected chi connectivity index (χ0v) is 16.5. The van der Waals surface area contributed by atoms with Gasteiger partial charge in [-0.25, -0.2) is 4.98 Å². The fourth-order valence-corrected chi connectivity index (χ4v) is 4.23. The summed E-state index contributed by atoms with van der Waals surface area (Å²) in [6.07, 6.45) is 8.76. The molecule has 146 valence electrons. The molecule has 27 heavy (non-hydrogen) atoms. The second-order valence-electron chi connectivity index (χ2n) is 8.04. The van der Waals surface area contributed by atoms with Crippen molar-refractivity contribution in [1.82, 2.24) is 9.88 Å². The predicted molar refractivity (Wildman–Crippen MR) is 108 cm³/mol. The summed E-state index contributed by atoms with van der Waals surface area (Å²) >= 11 is 0. The number of ether oxygens (including phenoxy) is 1. The van der Waals surface area contributed by atoms with Crippen molar-refractivity contribution in [3.05, 3.63) is 36.7 Å². The minimum Gasteiger partial charge on any atom is -0.445 e. The molecule has 4 rings (SSSR count). The number of nitrogens with zero attached hydrogens (tertiary/aromatic N) is 3. The lowest BCUT2D eigenvalue weighted by atomic mass is 10.0. The van der Waals surface area contributed by atoms with Crippen molar-refractivity contribution >= 4 is 5.69 Å². The Bertz CT molecular complexity index is 683. The van der Waals surface area contributed by atoms with Gasteiger partial charge in [-0.2, -0.15) is 0 Å². The third-order valence-electron chi connectivity index (χ3n) is 5.95. The highest BCUT2D eigenvalue weighted by Gasteiger charge is 2.26. The Labute approximate surface area is 162 Å². The topological polar surface area (TPSA) is 41.7 Å². The summed E-state index contributed by atoms with van der Waals surface area (Å²) in [6, 6.07) is 9.17.